The number of nitrogens with one attached hydrogen (secondary N) is 1. The zero-order valence-electron chi connectivity index (χ0n) is 12.5. The maximum Gasteiger partial charge on any atom is 0.239 e. The Morgan fingerprint density at radius 1 is 1.45 bits per heavy atom. The summed E-state index contributed by atoms with van der Waals surface area (Å²) < 4.78 is 0.897. The molecule has 0 radical (unpaired) electrons. The third-order valence-electron chi connectivity index (χ3n) is 3.74. The Labute approximate surface area is 152 Å². The van der Waals surface area contributed by atoms with E-state index in [1.54, 1.807) is 12.3 Å². The monoisotopic (exact) mass is 412 g/mol. The van der Waals surface area contributed by atoms with Crippen LogP contribution in [-0.4, -0.2) is 41.5 Å². The predicted molar refractivity (Wildman–Crippen MR) is 97.9 cm³/mol. The number of carbonyl (C=O) groups excluding carboxylic acids is 1. The highest BCUT2D eigenvalue weighted by Crippen LogP contribution is 2.19. The standard InChI is InChI=1S/C14H21BrN4O.2ClH/c1-10(16)11-4-6-19(7-5-11)9-14(20)18-13-3-2-12(15)8-17-13;;/h2-3,8,10-11H,4-7,9,16H2,1H3,(H,17,18,20);2*1H. The fourth-order valence-electron chi connectivity index (χ4n) is 2.47. The minimum absolute atomic E-state index is 0. The van der Waals surface area contributed by atoms with Gasteiger partial charge in [0.1, 0.15) is 5.82 Å². The summed E-state index contributed by atoms with van der Waals surface area (Å²) >= 11 is 3.31. The van der Waals surface area contributed by atoms with E-state index in [2.05, 4.69) is 38.1 Å². The van der Waals surface area contributed by atoms with Crippen molar-refractivity contribution in [3.05, 3.63) is 22.8 Å². The second-order valence-electron chi connectivity index (χ2n) is 5.38. The first-order chi connectivity index (χ1) is 9.54. The van der Waals surface area contributed by atoms with Crippen LogP contribution in [0.2, 0.25) is 0 Å². The normalized spacial score (nSPS) is 17.0. The third kappa shape index (κ3) is 6.79. The van der Waals surface area contributed by atoms with Gasteiger partial charge in [-0.05, 0) is 66.8 Å². The maximum atomic E-state index is 12.0. The van der Waals surface area contributed by atoms with Crippen molar-refractivity contribution >= 4 is 52.5 Å². The maximum absolute atomic E-state index is 12.0. The van der Waals surface area contributed by atoms with E-state index < -0.39 is 0 Å². The molecule has 1 aliphatic heterocycles. The summed E-state index contributed by atoms with van der Waals surface area (Å²) in [5.41, 5.74) is 5.92. The van der Waals surface area contributed by atoms with E-state index in [-0.39, 0.29) is 36.8 Å². The van der Waals surface area contributed by atoms with E-state index in [1.807, 2.05) is 6.07 Å². The number of nitrogens with two attached hydrogens (primary N) is 1. The smallest absolute Gasteiger partial charge is 0.239 e. The molecule has 1 amide bonds. The van der Waals surface area contributed by atoms with Crippen LogP contribution in [0.4, 0.5) is 5.82 Å². The van der Waals surface area contributed by atoms with Crippen LogP contribution in [0.1, 0.15) is 19.8 Å². The average Bonchev–Trinajstić information content (AvgIpc) is 2.42. The Morgan fingerprint density at radius 2 is 2.09 bits per heavy atom. The quantitative estimate of drug-likeness (QED) is 0.795. The van der Waals surface area contributed by atoms with Crippen LogP contribution in [0.3, 0.4) is 0 Å². The van der Waals surface area contributed by atoms with Gasteiger partial charge in [-0.15, -0.1) is 24.8 Å². The van der Waals surface area contributed by atoms with Crippen LogP contribution in [0.15, 0.2) is 22.8 Å². The van der Waals surface area contributed by atoms with E-state index >= 15 is 0 Å². The lowest BCUT2D eigenvalue weighted by molar-refractivity contribution is -0.117. The first kappa shape index (κ1) is 21.6. The van der Waals surface area contributed by atoms with Crippen molar-refractivity contribution in [1.82, 2.24) is 9.88 Å². The minimum Gasteiger partial charge on any atom is -0.328 e. The molecular weight excluding hydrogens is 391 g/mol. The first-order valence-electron chi connectivity index (χ1n) is 6.94. The van der Waals surface area contributed by atoms with Gasteiger partial charge in [0.2, 0.25) is 5.91 Å². The minimum atomic E-state index is -0.0148. The number of likely N-dealkylation sites (tertiary alicyclic amines) is 1. The molecule has 1 saturated heterocycles. The lowest BCUT2D eigenvalue weighted by Crippen LogP contribution is -2.42. The fraction of sp³-hybridized carbons (Fsp3) is 0.571. The molecule has 0 aromatic carbocycles. The molecule has 22 heavy (non-hydrogen) atoms. The molecule has 1 atom stereocenters. The number of piperidine rings is 1. The third-order valence-corrected chi connectivity index (χ3v) is 4.21. The molecule has 3 N–H and O–H groups in total. The molecular formula is C14H23BrCl2N4O. The molecule has 0 aliphatic carbocycles. The van der Waals surface area contributed by atoms with E-state index in [0.717, 1.165) is 30.4 Å². The van der Waals surface area contributed by atoms with Gasteiger partial charge in [-0.25, -0.2) is 4.98 Å². The lowest BCUT2D eigenvalue weighted by atomic mass is 9.91. The predicted octanol–water partition coefficient (Wildman–Crippen LogP) is 2.69. The topological polar surface area (TPSA) is 71.2 Å². The van der Waals surface area contributed by atoms with Gasteiger partial charge in [-0.2, -0.15) is 0 Å². The van der Waals surface area contributed by atoms with Gasteiger partial charge < -0.3 is 11.1 Å². The highest BCUT2D eigenvalue weighted by Gasteiger charge is 2.23. The van der Waals surface area contributed by atoms with E-state index in [9.17, 15) is 4.79 Å². The van der Waals surface area contributed by atoms with E-state index in [4.69, 9.17) is 5.73 Å². The van der Waals surface area contributed by atoms with Crippen molar-refractivity contribution in [2.45, 2.75) is 25.8 Å². The largest absolute Gasteiger partial charge is 0.328 e. The number of nitrogens with zero attached hydrogens (tertiary/aromatic N) is 2. The number of rotatable bonds is 4. The Hall–Kier alpha value is -0.400. The molecule has 1 aromatic rings. The van der Waals surface area contributed by atoms with Gasteiger partial charge in [-0.3, -0.25) is 9.69 Å². The van der Waals surface area contributed by atoms with Crippen LogP contribution < -0.4 is 11.1 Å². The summed E-state index contributed by atoms with van der Waals surface area (Å²) in [5.74, 6) is 1.16. The number of carbonyl (C=O) groups is 1. The van der Waals surface area contributed by atoms with Crippen molar-refractivity contribution in [2.75, 3.05) is 25.0 Å². The summed E-state index contributed by atoms with van der Waals surface area (Å²) in [7, 11) is 0. The zero-order chi connectivity index (χ0) is 14.5. The summed E-state index contributed by atoms with van der Waals surface area (Å²) in [6.45, 7) is 4.36. The van der Waals surface area contributed by atoms with Gasteiger partial charge in [0.15, 0.2) is 0 Å². The molecule has 0 spiro atoms. The second kappa shape index (κ2) is 10.4. The summed E-state index contributed by atoms with van der Waals surface area (Å²) in [4.78, 5) is 18.3. The van der Waals surface area contributed by atoms with Gasteiger partial charge >= 0.3 is 0 Å². The number of halogens is 3. The Kier molecular flexibility index (Phi) is 10.2. The van der Waals surface area contributed by atoms with Crippen LogP contribution in [0, 0.1) is 5.92 Å². The number of anilines is 1. The summed E-state index contributed by atoms with van der Waals surface area (Å²) in [5, 5.41) is 2.81. The fourth-order valence-corrected chi connectivity index (χ4v) is 2.71. The molecule has 1 aromatic heterocycles. The van der Waals surface area contributed by atoms with Gasteiger partial charge in [0, 0.05) is 16.7 Å². The van der Waals surface area contributed by atoms with Crippen molar-refractivity contribution in [1.29, 1.82) is 0 Å². The van der Waals surface area contributed by atoms with Crippen molar-refractivity contribution < 1.29 is 4.79 Å². The van der Waals surface area contributed by atoms with Crippen LogP contribution in [0.5, 0.6) is 0 Å². The van der Waals surface area contributed by atoms with Gasteiger partial charge in [-0.1, -0.05) is 0 Å². The molecule has 5 nitrogen and oxygen atoms in total. The molecule has 126 valence electrons. The number of amides is 1. The number of hydrogen-bond acceptors (Lipinski definition) is 4. The van der Waals surface area contributed by atoms with Gasteiger partial charge in [0.05, 0.1) is 6.54 Å². The van der Waals surface area contributed by atoms with E-state index in [0.29, 0.717) is 18.3 Å². The Bertz CT molecular complexity index is 451. The van der Waals surface area contributed by atoms with Crippen molar-refractivity contribution in [3.63, 3.8) is 0 Å². The zero-order valence-corrected chi connectivity index (χ0v) is 15.7. The highest BCUT2D eigenvalue weighted by atomic mass is 79.9. The SMILES string of the molecule is CC(N)C1CCN(CC(=O)Nc2ccc(Br)cn2)CC1.Cl.Cl. The van der Waals surface area contributed by atoms with Crippen LogP contribution in [-0.2, 0) is 4.79 Å². The number of aromatic nitrogens is 1. The molecule has 8 heteroatoms. The van der Waals surface area contributed by atoms with Gasteiger partial charge in [0.25, 0.3) is 0 Å². The highest BCUT2D eigenvalue weighted by molar-refractivity contribution is 9.10. The van der Waals surface area contributed by atoms with Crippen molar-refractivity contribution in [3.8, 4) is 0 Å². The molecule has 0 saturated carbocycles. The number of pyridine rings is 1. The van der Waals surface area contributed by atoms with E-state index in [1.165, 1.54) is 0 Å². The summed E-state index contributed by atoms with van der Waals surface area (Å²) in [6, 6.07) is 3.89. The first-order valence-corrected chi connectivity index (χ1v) is 7.73. The number of hydrogen-bond donors (Lipinski definition) is 2. The Balaban J connectivity index is 0.00000220. The molecule has 2 rings (SSSR count). The lowest BCUT2D eigenvalue weighted by Gasteiger charge is -2.33. The Morgan fingerprint density at radius 3 is 2.59 bits per heavy atom. The molecule has 1 fully saturated rings. The second-order valence-corrected chi connectivity index (χ2v) is 6.30. The molecule has 1 unspecified atom stereocenters. The molecule has 0 bridgehead atoms. The van der Waals surface area contributed by atoms with Crippen LogP contribution >= 0.6 is 40.7 Å². The summed E-state index contributed by atoms with van der Waals surface area (Å²) in [6.07, 6.45) is 3.81. The average molecular weight is 414 g/mol. The van der Waals surface area contributed by atoms with Crippen LogP contribution in [0.25, 0.3) is 0 Å². The molecule has 1 aliphatic rings. The molecule has 2 heterocycles. The van der Waals surface area contributed by atoms with Crippen molar-refractivity contribution in [2.24, 2.45) is 11.7 Å².